The summed E-state index contributed by atoms with van der Waals surface area (Å²) in [4.78, 5) is 4.84. The van der Waals surface area contributed by atoms with E-state index in [2.05, 4.69) is 21.6 Å². The maximum atomic E-state index is 6.29. The molecule has 2 aromatic heterocycles. The predicted molar refractivity (Wildman–Crippen MR) is 124 cm³/mol. The third-order valence-electron chi connectivity index (χ3n) is 4.82. The number of benzene rings is 3. The van der Waals surface area contributed by atoms with E-state index < -0.39 is 0 Å². The Hall–Kier alpha value is -3.34. The lowest BCUT2D eigenvalue weighted by molar-refractivity contribution is 0.906. The lowest BCUT2D eigenvalue weighted by atomic mass is 10.1. The van der Waals surface area contributed by atoms with E-state index in [-0.39, 0.29) is 0 Å². The molecule has 0 unspecified atom stereocenters. The van der Waals surface area contributed by atoms with Gasteiger partial charge in [-0.15, -0.1) is 0 Å². The molecule has 146 valence electrons. The molecule has 0 spiro atoms. The van der Waals surface area contributed by atoms with Crippen molar-refractivity contribution in [2.75, 3.05) is 0 Å². The Balaban J connectivity index is 1.65. The number of rotatable bonds is 4. The quantitative estimate of drug-likeness (QED) is 0.293. The van der Waals surface area contributed by atoms with Crippen LogP contribution < -0.4 is 0 Å². The van der Waals surface area contributed by atoms with Crippen LogP contribution in [-0.4, -0.2) is 20.3 Å². The lowest BCUT2D eigenvalue weighted by Crippen LogP contribution is -1.91. The van der Waals surface area contributed by atoms with Gasteiger partial charge in [0.1, 0.15) is 0 Å². The molecule has 0 N–H and O–H groups in total. The summed E-state index contributed by atoms with van der Waals surface area (Å²) in [7, 11) is 0. The number of hydrogen-bond acceptors (Lipinski definition) is 2. The minimum absolute atomic E-state index is 0.547. The van der Waals surface area contributed by atoms with E-state index in [9.17, 15) is 0 Å². The second-order valence-corrected chi connectivity index (χ2v) is 7.64. The molecule has 0 aliphatic carbocycles. The van der Waals surface area contributed by atoms with Gasteiger partial charge < -0.3 is 0 Å². The van der Waals surface area contributed by atoms with Gasteiger partial charge >= 0.3 is 0 Å². The molecule has 4 nitrogen and oxygen atoms in total. The molecule has 0 saturated heterocycles. The highest BCUT2D eigenvalue weighted by Gasteiger charge is 2.14. The Morgan fingerprint density at radius 3 is 2.20 bits per heavy atom. The fourth-order valence-electron chi connectivity index (χ4n) is 3.33. The molecule has 5 aromatic rings. The summed E-state index contributed by atoms with van der Waals surface area (Å²) < 4.78 is 3.82. The molecular formula is C24H16Cl2N4. The molecule has 6 heteroatoms. The van der Waals surface area contributed by atoms with Gasteiger partial charge in [-0.2, -0.15) is 5.10 Å². The monoisotopic (exact) mass is 430 g/mol. The zero-order valence-corrected chi connectivity index (χ0v) is 17.3. The van der Waals surface area contributed by atoms with Crippen LogP contribution in [0.5, 0.6) is 0 Å². The van der Waals surface area contributed by atoms with Crippen LogP contribution >= 0.6 is 23.2 Å². The van der Waals surface area contributed by atoms with E-state index in [4.69, 9.17) is 28.2 Å². The number of halogens is 2. The van der Waals surface area contributed by atoms with Crippen molar-refractivity contribution in [1.82, 2.24) is 14.1 Å². The lowest BCUT2D eigenvalue weighted by Gasteiger charge is -1.99. The van der Waals surface area contributed by atoms with Gasteiger partial charge in [0.25, 0.3) is 0 Å². The summed E-state index contributed by atoms with van der Waals surface area (Å²) >= 11 is 12.3. The van der Waals surface area contributed by atoms with Gasteiger partial charge in [-0.25, -0.2) is 9.66 Å². The van der Waals surface area contributed by atoms with Gasteiger partial charge in [0.15, 0.2) is 0 Å². The van der Waals surface area contributed by atoms with Crippen LogP contribution in [0.2, 0.25) is 10.0 Å². The molecule has 0 atom stereocenters. The van der Waals surface area contributed by atoms with Gasteiger partial charge in [-0.3, -0.25) is 4.40 Å². The normalized spacial score (nSPS) is 11.5. The fourth-order valence-corrected chi connectivity index (χ4v) is 3.79. The topological polar surface area (TPSA) is 34.6 Å². The van der Waals surface area contributed by atoms with Crippen molar-refractivity contribution >= 4 is 35.2 Å². The second kappa shape index (κ2) is 7.82. The molecule has 0 saturated carbocycles. The summed E-state index contributed by atoms with van der Waals surface area (Å²) in [6.45, 7) is 0. The van der Waals surface area contributed by atoms with Crippen molar-refractivity contribution < 1.29 is 0 Å². The van der Waals surface area contributed by atoms with Crippen molar-refractivity contribution in [2.24, 2.45) is 5.10 Å². The highest BCUT2D eigenvalue weighted by molar-refractivity contribution is 6.36. The van der Waals surface area contributed by atoms with Crippen molar-refractivity contribution in [3.05, 3.63) is 107 Å². The van der Waals surface area contributed by atoms with Gasteiger partial charge in [0, 0.05) is 27.9 Å². The SMILES string of the molecule is Clc1ccc(/C=N/n2cc(-c3ccccc3)n3cc(-c4ccccc4)nc23)c(Cl)c1. The van der Waals surface area contributed by atoms with Crippen molar-refractivity contribution in [3.63, 3.8) is 0 Å². The summed E-state index contributed by atoms with van der Waals surface area (Å²) in [5.41, 5.74) is 4.80. The first-order chi connectivity index (χ1) is 14.7. The standard InChI is InChI=1S/C24H16Cl2N4/c25-20-12-11-19(21(26)13-20)14-27-30-16-23(18-9-5-2-6-10-18)29-15-22(28-24(29)30)17-7-3-1-4-8-17/h1-16H/b27-14+. The molecule has 2 heterocycles. The molecular weight excluding hydrogens is 415 g/mol. The van der Waals surface area contributed by atoms with Gasteiger partial charge in [-0.05, 0) is 12.1 Å². The fraction of sp³-hybridized carbons (Fsp3) is 0. The van der Waals surface area contributed by atoms with Gasteiger partial charge in [0.05, 0.1) is 28.8 Å². The average Bonchev–Trinajstić information content (AvgIpc) is 3.34. The highest BCUT2D eigenvalue weighted by atomic mass is 35.5. The van der Waals surface area contributed by atoms with Gasteiger partial charge in [0.2, 0.25) is 5.78 Å². The van der Waals surface area contributed by atoms with Crippen LogP contribution in [0.15, 0.2) is 96.4 Å². The van der Waals surface area contributed by atoms with E-state index in [1.165, 1.54) is 0 Å². The first-order valence-electron chi connectivity index (χ1n) is 9.40. The minimum atomic E-state index is 0.547. The maximum Gasteiger partial charge on any atom is 0.236 e. The summed E-state index contributed by atoms with van der Waals surface area (Å²) in [5.74, 6) is 0.717. The third-order valence-corrected chi connectivity index (χ3v) is 5.38. The first-order valence-corrected chi connectivity index (χ1v) is 10.2. The van der Waals surface area contributed by atoms with Crippen LogP contribution in [0.3, 0.4) is 0 Å². The second-order valence-electron chi connectivity index (χ2n) is 6.80. The molecule has 0 fully saturated rings. The number of nitrogens with zero attached hydrogens (tertiary/aromatic N) is 4. The van der Waals surface area contributed by atoms with Crippen molar-refractivity contribution in [1.29, 1.82) is 0 Å². The number of hydrogen-bond donors (Lipinski definition) is 0. The Morgan fingerprint density at radius 1 is 0.800 bits per heavy atom. The summed E-state index contributed by atoms with van der Waals surface area (Å²) in [6, 6.07) is 25.6. The highest BCUT2D eigenvalue weighted by Crippen LogP contribution is 2.27. The number of fused-ring (bicyclic) bond motifs is 1. The van der Waals surface area contributed by atoms with E-state index in [1.54, 1.807) is 23.0 Å². The predicted octanol–water partition coefficient (Wildman–Crippen LogP) is 6.66. The van der Waals surface area contributed by atoms with Crippen LogP contribution in [-0.2, 0) is 0 Å². The minimum Gasteiger partial charge on any atom is -0.282 e. The van der Waals surface area contributed by atoms with Crippen LogP contribution in [0.4, 0.5) is 0 Å². The molecule has 0 aliphatic rings. The summed E-state index contributed by atoms with van der Waals surface area (Å²) in [6.07, 6.45) is 5.71. The summed E-state index contributed by atoms with van der Waals surface area (Å²) in [5, 5.41) is 5.77. The molecule has 5 rings (SSSR count). The van der Waals surface area contributed by atoms with Crippen LogP contribution in [0.1, 0.15) is 5.56 Å². The van der Waals surface area contributed by atoms with Crippen molar-refractivity contribution in [2.45, 2.75) is 0 Å². The zero-order valence-electron chi connectivity index (χ0n) is 15.8. The Morgan fingerprint density at radius 2 is 1.50 bits per heavy atom. The van der Waals surface area contributed by atoms with E-state index >= 15 is 0 Å². The van der Waals surface area contributed by atoms with Gasteiger partial charge in [-0.1, -0.05) is 89.9 Å². The molecule has 0 radical (unpaired) electrons. The van der Waals surface area contributed by atoms with Crippen LogP contribution in [0, 0.1) is 0 Å². The first kappa shape index (κ1) is 18.7. The molecule has 0 aliphatic heterocycles. The van der Waals surface area contributed by atoms with E-state index in [0.29, 0.717) is 15.8 Å². The van der Waals surface area contributed by atoms with E-state index in [1.807, 2.05) is 67.0 Å². The molecule has 0 amide bonds. The molecule has 3 aromatic carbocycles. The Labute approximate surface area is 183 Å². The molecule has 0 bridgehead atoms. The smallest absolute Gasteiger partial charge is 0.236 e. The Bertz CT molecular complexity index is 1350. The van der Waals surface area contributed by atoms with Crippen molar-refractivity contribution in [3.8, 4) is 22.5 Å². The van der Waals surface area contributed by atoms with Crippen LogP contribution in [0.25, 0.3) is 28.3 Å². The van der Waals surface area contributed by atoms with E-state index in [0.717, 1.165) is 28.1 Å². The average molecular weight is 431 g/mol. The molecule has 30 heavy (non-hydrogen) atoms. The number of aromatic nitrogens is 3. The largest absolute Gasteiger partial charge is 0.282 e. The number of imidazole rings is 2. The Kier molecular flexibility index (Phi) is 4.87. The third kappa shape index (κ3) is 3.52. The zero-order chi connectivity index (χ0) is 20.5. The maximum absolute atomic E-state index is 6.29.